The smallest absolute Gasteiger partial charge is 0.416 e. The Morgan fingerprint density at radius 2 is 1.97 bits per heavy atom. The number of hydrogen-bond donors (Lipinski definition) is 2. The van der Waals surface area contributed by atoms with E-state index in [1.807, 2.05) is 26.0 Å². The van der Waals surface area contributed by atoms with Gasteiger partial charge in [-0.25, -0.2) is 0 Å². The number of ether oxygens (including phenoxy) is 1. The van der Waals surface area contributed by atoms with Crippen molar-refractivity contribution < 1.29 is 37.7 Å². The molecule has 0 aromatic heterocycles. The molecule has 0 heterocycles. The lowest BCUT2D eigenvalue weighted by Crippen LogP contribution is -2.19. The number of carbonyl (C=O) groups is 2. The molecular weight excluding hydrogens is 449 g/mol. The number of allylic oxidation sites excluding steroid dienone is 5. The first kappa shape index (κ1) is 27.4. The molecule has 0 saturated heterocycles. The molecule has 34 heavy (non-hydrogen) atoms. The molecule has 1 aliphatic rings. The summed E-state index contributed by atoms with van der Waals surface area (Å²) in [4.78, 5) is 23.4. The quantitative estimate of drug-likeness (QED) is 0.389. The Morgan fingerprint density at radius 1 is 1.24 bits per heavy atom. The number of rotatable bonds is 12. The van der Waals surface area contributed by atoms with Gasteiger partial charge in [0.2, 0.25) is 0 Å². The van der Waals surface area contributed by atoms with Gasteiger partial charge in [-0.15, -0.1) is 0 Å². The predicted octanol–water partition coefficient (Wildman–Crippen LogP) is 5.46. The Morgan fingerprint density at radius 3 is 2.62 bits per heavy atom. The van der Waals surface area contributed by atoms with Crippen molar-refractivity contribution >= 4 is 11.8 Å². The van der Waals surface area contributed by atoms with Gasteiger partial charge in [0.1, 0.15) is 18.5 Å². The standard InChI is InChI=1S/C26H31F3O5/c1-17(2)22(25(32)33)9-4-3-5-10-23-18(12-14-24(23)31)11-13-20(30)16-34-21-8-6-7-19(15-21)26(27,28)29/h3,5-8,11-15,17-18,20,22-23,30H,4,9-10,16H2,1-2H3,(H,32,33)/b5-3?,13-11+/t18?,20-,22?,23?/m1/s1. The number of halogens is 3. The summed E-state index contributed by atoms with van der Waals surface area (Å²) in [7, 11) is 0. The molecule has 0 aliphatic heterocycles. The zero-order chi connectivity index (χ0) is 25.3. The number of benzene rings is 1. The maximum Gasteiger partial charge on any atom is 0.416 e. The van der Waals surface area contributed by atoms with Gasteiger partial charge in [0.05, 0.1) is 11.5 Å². The van der Waals surface area contributed by atoms with E-state index in [1.165, 1.54) is 24.3 Å². The Bertz CT molecular complexity index is 917. The van der Waals surface area contributed by atoms with Gasteiger partial charge in [-0.05, 0) is 49.5 Å². The van der Waals surface area contributed by atoms with E-state index in [0.717, 1.165) is 12.1 Å². The molecule has 186 valence electrons. The van der Waals surface area contributed by atoms with Crippen LogP contribution in [0.4, 0.5) is 13.2 Å². The molecule has 2 N–H and O–H groups in total. The number of alkyl halides is 3. The van der Waals surface area contributed by atoms with Gasteiger partial charge in [0, 0.05) is 11.8 Å². The molecule has 4 atom stereocenters. The minimum atomic E-state index is -4.48. The Labute approximate surface area is 197 Å². The number of carboxylic acid groups (broad SMARTS) is 1. The summed E-state index contributed by atoms with van der Waals surface area (Å²) < 4.78 is 43.6. The number of hydrogen-bond acceptors (Lipinski definition) is 4. The number of ketones is 1. The highest BCUT2D eigenvalue weighted by Gasteiger charge is 2.31. The van der Waals surface area contributed by atoms with Crippen LogP contribution in [0.1, 0.15) is 38.7 Å². The van der Waals surface area contributed by atoms with Gasteiger partial charge < -0.3 is 14.9 Å². The van der Waals surface area contributed by atoms with Crippen LogP contribution in [-0.4, -0.2) is 34.7 Å². The van der Waals surface area contributed by atoms with Crippen LogP contribution in [0, 0.1) is 23.7 Å². The molecule has 1 aromatic carbocycles. The lowest BCUT2D eigenvalue weighted by molar-refractivity contribution is -0.143. The molecule has 0 bridgehead atoms. The second kappa shape index (κ2) is 12.6. The molecule has 0 spiro atoms. The summed E-state index contributed by atoms with van der Waals surface area (Å²) in [5.41, 5.74) is -0.830. The summed E-state index contributed by atoms with van der Waals surface area (Å²) in [6, 6.07) is 4.43. The lowest BCUT2D eigenvalue weighted by atomic mass is 9.89. The third-order valence-electron chi connectivity index (χ3n) is 5.77. The van der Waals surface area contributed by atoms with Crippen LogP contribution in [0.2, 0.25) is 0 Å². The van der Waals surface area contributed by atoms with E-state index in [-0.39, 0.29) is 35.9 Å². The summed E-state index contributed by atoms with van der Waals surface area (Å²) in [6.07, 6.45) is 6.26. The molecule has 2 rings (SSSR count). The predicted molar refractivity (Wildman–Crippen MR) is 122 cm³/mol. The van der Waals surface area contributed by atoms with E-state index in [4.69, 9.17) is 4.74 Å². The second-order valence-electron chi connectivity index (χ2n) is 8.71. The van der Waals surface area contributed by atoms with Crippen molar-refractivity contribution in [2.45, 2.75) is 45.4 Å². The van der Waals surface area contributed by atoms with Crippen molar-refractivity contribution in [1.29, 1.82) is 0 Å². The van der Waals surface area contributed by atoms with Crippen molar-refractivity contribution in [3.05, 3.63) is 66.3 Å². The van der Waals surface area contributed by atoms with Gasteiger partial charge in [-0.1, -0.05) is 50.3 Å². The van der Waals surface area contributed by atoms with Gasteiger partial charge >= 0.3 is 12.1 Å². The largest absolute Gasteiger partial charge is 0.491 e. The van der Waals surface area contributed by atoms with Crippen LogP contribution >= 0.6 is 0 Å². The zero-order valence-electron chi connectivity index (χ0n) is 19.2. The Balaban J connectivity index is 1.84. The molecule has 0 radical (unpaired) electrons. The van der Waals surface area contributed by atoms with Crippen molar-refractivity contribution in [1.82, 2.24) is 0 Å². The maximum absolute atomic E-state index is 12.8. The first-order valence-corrected chi connectivity index (χ1v) is 11.2. The first-order chi connectivity index (χ1) is 16.0. The van der Waals surface area contributed by atoms with E-state index >= 15 is 0 Å². The van der Waals surface area contributed by atoms with Crippen LogP contribution < -0.4 is 4.74 Å². The molecular formula is C26H31F3O5. The Kier molecular flexibility index (Phi) is 10.1. The summed E-state index contributed by atoms with van der Waals surface area (Å²) in [5.74, 6) is -1.73. The maximum atomic E-state index is 12.8. The van der Waals surface area contributed by atoms with Crippen molar-refractivity contribution in [3.63, 3.8) is 0 Å². The highest BCUT2D eigenvalue weighted by molar-refractivity contribution is 5.95. The third kappa shape index (κ3) is 8.48. The Hall–Kier alpha value is -2.87. The fourth-order valence-electron chi connectivity index (χ4n) is 3.76. The number of carboxylic acids is 1. The average molecular weight is 481 g/mol. The van der Waals surface area contributed by atoms with Gasteiger partial charge in [-0.2, -0.15) is 13.2 Å². The SMILES string of the molecule is CC(C)C(CCC=CCC1C(=O)C=CC1/C=C/[C@@H](O)COc1cccc(C(F)(F)F)c1)C(=O)O. The van der Waals surface area contributed by atoms with Crippen LogP contribution in [0.25, 0.3) is 0 Å². The molecule has 0 saturated carbocycles. The van der Waals surface area contributed by atoms with Crippen LogP contribution in [0.15, 0.2) is 60.7 Å². The minimum Gasteiger partial charge on any atom is -0.491 e. The van der Waals surface area contributed by atoms with Gasteiger partial charge in [0.15, 0.2) is 5.78 Å². The normalized spacial score (nSPS) is 20.5. The molecule has 5 nitrogen and oxygen atoms in total. The number of aliphatic carboxylic acids is 1. The fourth-order valence-corrected chi connectivity index (χ4v) is 3.76. The molecule has 0 amide bonds. The minimum absolute atomic E-state index is 0.00355. The number of aliphatic hydroxyl groups is 1. The van der Waals surface area contributed by atoms with E-state index in [0.29, 0.717) is 19.3 Å². The van der Waals surface area contributed by atoms with Gasteiger partial charge in [0.25, 0.3) is 0 Å². The average Bonchev–Trinajstić information content (AvgIpc) is 3.11. The van der Waals surface area contributed by atoms with Gasteiger partial charge in [-0.3, -0.25) is 9.59 Å². The number of carbonyl (C=O) groups excluding carboxylic acids is 1. The van der Waals surface area contributed by atoms with Crippen molar-refractivity contribution in [2.75, 3.05) is 6.61 Å². The molecule has 0 fully saturated rings. The molecule has 1 aromatic rings. The van der Waals surface area contributed by atoms with E-state index in [1.54, 1.807) is 12.2 Å². The highest BCUT2D eigenvalue weighted by Crippen LogP contribution is 2.31. The van der Waals surface area contributed by atoms with Crippen LogP contribution in [0.5, 0.6) is 5.75 Å². The highest BCUT2D eigenvalue weighted by atomic mass is 19.4. The monoisotopic (exact) mass is 480 g/mol. The van der Waals surface area contributed by atoms with Crippen molar-refractivity contribution in [2.24, 2.45) is 23.7 Å². The van der Waals surface area contributed by atoms with Crippen LogP contribution in [-0.2, 0) is 15.8 Å². The van der Waals surface area contributed by atoms with E-state index in [2.05, 4.69) is 0 Å². The first-order valence-electron chi connectivity index (χ1n) is 11.2. The zero-order valence-corrected chi connectivity index (χ0v) is 19.2. The summed E-state index contributed by atoms with van der Waals surface area (Å²) in [5, 5.41) is 19.4. The second-order valence-corrected chi connectivity index (χ2v) is 8.71. The fraction of sp³-hybridized carbons (Fsp3) is 0.462. The molecule has 3 unspecified atom stereocenters. The number of aliphatic hydroxyl groups excluding tert-OH is 1. The summed E-state index contributed by atoms with van der Waals surface area (Å²) >= 11 is 0. The van der Waals surface area contributed by atoms with E-state index < -0.39 is 29.7 Å². The molecule has 8 heteroatoms. The lowest BCUT2D eigenvalue weighted by Gasteiger charge is -2.15. The van der Waals surface area contributed by atoms with Crippen LogP contribution in [0.3, 0.4) is 0 Å². The molecule has 1 aliphatic carbocycles. The topological polar surface area (TPSA) is 83.8 Å². The van der Waals surface area contributed by atoms with Crippen molar-refractivity contribution in [3.8, 4) is 5.75 Å². The third-order valence-corrected chi connectivity index (χ3v) is 5.77. The van der Waals surface area contributed by atoms with E-state index in [9.17, 15) is 33.0 Å². The summed E-state index contributed by atoms with van der Waals surface area (Å²) in [6.45, 7) is 3.52.